The number of carboxylic acids is 1. The summed E-state index contributed by atoms with van der Waals surface area (Å²) in [5.74, 6) is -1.06. The third-order valence-corrected chi connectivity index (χ3v) is 8.62. The number of fused-ring (bicyclic) bond motifs is 3. The fourth-order valence-electron chi connectivity index (χ4n) is 5.10. The lowest BCUT2D eigenvalue weighted by atomic mass is 9.92. The average molecular weight is 445 g/mol. The van der Waals surface area contributed by atoms with Gasteiger partial charge in [0.15, 0.2) is 0 Å². The van der Waals surface area contributed by atoms with Crippen molar-refractivity contribution in [2.45, 2.75) is 42.7 Å². The maximum Gasteiger partial charge on any atom is 0.371 e. The smallest absolute Gasteiger partial charge is 0.371 e. The van der Waals surface area contributed by atoms with E-state index in [4.69, 9.17) is 9.52 Å². The van der Waals surface area contributed by atoms with Crippen molar-refractivity contribution >= 4 is 21.9 Å². The first-order chi connectivity index (χ1) is 14.9. The lowest BCUT2D eigenvalue weighted by molar-refractivity contribution is -0.126. The van der Waals surface area contributed by atoms with Crippen LogP contribution >= 0.6 is 0 Å². The molecule has 3 atom stereocenters. The van der Waals surface area contributed by atoms with Crippen molar-refractivity contribution in [1.82, 2.24) is 9.62 Å². The van der Waals surface area contributed by atoms with E-state index in [0.29, 0.717) is 24.7 Å². The quantitative estimate of drug-likeness (QED) is 0.730. The second kappa shape index (κ2) is 7.49. The molecule has 9 heteroatoms. The van der Waals surface area contributed by atoms with Crippen molar-refractivity contribution in [2.24, 2.45) is 11.8 Å². The second-order valence-electron chi connectivity index (χ2n) is 8.56. The average Bonchev–Trinajstić information content (AvgIpc) is 3.22. The van der Waals surface area contributed by atoms with E-state index in [1.807, 2.05) is 6.07 Å². The van der Waals surface area contributed by atoms with E-state index in [1.54, 1.807) is 0 Å². The van der Waals surface area contributed by atoms with Crippen LogP contribution in [-0.4, -0.2) is 48.8 Å². The summed E-state index contributed by atoms with van der Waals surface area (Å²) in [4.78, 5) is 23.8. The summed E-state index contributed by atoms with van der Waals surface area (Å²) in [5, 5.41) is 11.8. The molecule has 1 aliphatic heterocycles. The molecule has 1 amide bonds. The first-order valence-electron chi connectivity index (χ1n) is 10.6. The number of nitrogens with zero attached hydrogens (tertiary/aromatic N) is 1. The molecule has 8 nitrogen and oxygen atoms in total. The monoisotopic (exact) mass is 444 g/mol. The molecule has 2 aromatic rings. The number of sulfonamides is 1. The van der Waals surface area contributed by atoms with Gasteiger partial charge < -0.3 is 14.8 Å². The van der Waals surface area contributed by atoms with Crippen LogP contribution in [-0.2, 0) is 21.2 Å². The van der Waals surface area contributed by atoms with E-state index in [-0.39, 0.29) is 36.0 Å². The van der Waals surface area contributed by atoms with E-state index < -0.39 is 21.8 Å². The van der Waals surface area contributed by atoms with Gasteiger partial charge in [-0.3, -0.25) is 4.79 Å². The zero-order valence-electron chi connectivity index (χ0n) is 16.9. The van der Waals surface area contributed by atoms with Crippen LogP contribution < -0.4 is 5.32 Å². The Morgan fingerprint density at radius 3 is 2.52 bits per heavy atom. The third kappa shape index (κ3) is 3.55. The van der Waals surface area contributed by atoms with Gasteiger partial charge in [-0.1, -0.05) is 24.3 Å². The summed E-state index contributed by atoms with van der Waals surface area (Å²) in [6.07, 6.45) is 2.99. The van der Waals surface area contributed by atoms with Crippen molar-refractivity contribution < 1.29 is 27.5 Å². The normalized spacial score (nSPS) is 26.0. The van der Waals surface area contributed by atoms with Gasteiger partial charge in [0.25, 0.3) is 10.0 Å². The van der Waals surface area contributed by atoms with E-state index in [1.165, 1.54) is 15.4 Å². The molecule has 1 saturated carbocycles. The van der Waals surface area contributed by atoms with Crippen LogP contribution in [0.3, 0.4) is 0 Å². The predicted molar refractivity (Wildman–Crippen MR) is 110 cm³/mol. The Hall–Kier alpha value is -2.65. The van der Waals surface area contributed by atoms with Gasteiger partial charge in [0.05, 0.1) is 0 Å². The van der Waals surface area contributed by atoms with Gasteiger partial charge in [0.2, 0.25) is 16.8 Å². The minimum atomic E-state index is -3.91. The zero-order valence-corrected chi connectivity index (χ0v) is 17.7. The van der Waals surface area contributed by atoms with Crippen LogP contribution in [0.25, 0.3) is 0 Å². The topological polar surface area (TPSA) is 117 Å². The fraction of sp³-hybridized carbons (Fsp3) is 0.455. The van der Waals surface area contributed by atoms with Gasteiger partial charge in [0.1, 0.15) is 0 Å². The number of amides is 1. The number of hydrogen-bond donors (Lipinski definition) is 2. The zero-order chi connectivity index (χ0) is 21.8. The molecular weight excluding hydrogens is 420 g/mol. The summed E-state index contributed by atoms with van der Waals surface area (Å²) in [6, 6.07) is 10.9. The first kappa shape index (κ1) is 20.3. The SMILES string of the molecule is O=C(O)c1ccc(S(=O)(=O)N2CCC(C(=O)NC3C4CCc5ccccc5C43)CC2)o1. The van der Waals surface area contributed by atoms with E-state index in [9.17, 15) is 18.0 Å². The highest BCUT2D eigenvalue weighted by Gasteiger charge is 2.54. The molecule has 0 spiro atoms. The number of aromatic carboxylic acids is 1. The van der Waals surface area contributed by atoms with Crippen LogP contribution in [0.2, 0.25) is 0 Å². The molecule has 2 aliphatic carbocycles. The molecule has 2 N–H and O–H groups in total. The minimum absolute atomic E-state index is 0.0000844. The molecular formula is C22H24N2O6S. The van der Waals surface area contributed by atoms with Gasteiger partial charge in [-0.2, -0.15) is 4.31 Å². The summed E-state index contributed by atoms with van der Waals surface area (Å²) < 4.78 is 31.7. The van der Waals surface area contributed by atoms with Gasteiger partial charge in [0, 0.05) is 31.0 Å². The largest absolute Gasteiger partial charge is 0.475 e. The van der Waals surface area contributed by atoms with Crippen molar-refractivity contribution in [2.75, 3.05) is 13.1 Å². The molecule has 31 heavy (non-hydrogen) atoms. The number of carbonyl (C=O) groups is 2. The Bertz CT molecular complexity index is 1130. The molecule has 164 valence electrons. The molecule has 2 heterocycles. The van der Waals surface area contributed by atoms with Crippen molar-refractivity contribution in [3.63, 3.8) is 0 Å². The summed E-state index contributed by atoms with van der Waals surface area (Å²) in [5.41, 5.74) is 2.73. The highest BCUT2D eigenvalue weighted by atomic mass is 32.2. The van der Waals surface area contributed by atoms with Gasteiger partial charge >= 0.3 is 5.97 Å². The number of carbonyl (C=O) groups excluding carboxylic acids is 1. The van der Waals surface area contributed by atoms with Crippen LogP contribution in [0.4, 0.5) is 0 Å². The van der Waals surface area contributed by atoms with Crippen molar-refractivity contribution in [1.29, 1.82) is 0 Å². The highest BCUT2D eigenvalue weighted by molar-refractivity contribution is 7.89. The third-order valence-electron chi connectivity index (χ3n) is 6.85. The van der Waals surface area contributed by atoms with Crippen LogP contribution in [0.5, 0.6) is 0 Å². The van der Waals surface area contributed by atoms with Gasteiger partial charge in [-0.15, -0.1) is 0 Å². The number of aryl methyl sites for hydroxylation is 1. The Morgan fingerprint density at radius 1 is 1.06 bits per heavy atom. The Morgan fingerprint density at radius 2 is 1.81 bits per heavy atom. The number of piperidine rings is 1. The molecule has 1 aromatic carbocycles. The van der Waals surface area contributed by atoms with E-state index >= 15 is 0 Å². The van der Waals surface area contributed by atoms with Gasteiger partial charge in [-0.05, 0) is 54.9 Å². The highest BCUT2D eigenvalue weighted by Crippen LogP contribution is 2.54. The molecule has 0 bridgehead atoms. The maximum absolute atomic E-state index is 12.8. The second-order valence-corrected chi connectivity index (χ2v) is 10.4. The van der Waals surface area contributed by atoms with Crippen LogP contribution in [0.1, 0.15) is 46.9 Å². The number of benzene rings is 1. The summed E-state index contributed by atoms with van der Waals surface area (Å²) in [7, 11) is -3.91. The van der Waals surface area contributed by atoms with Crippen LogP contribution in [0.15, 0.2) is 45.9 Å². The Balaban J connectivity index is 1.18. The number of carboxylic acid groups (broad SMARTS) is 1. The lowest BCUT2D eigenvalue weighted by Crippen LogP contribution is -2.43. The lowest BCUT2D eigenvalue weighted by Gasteiger charge is -2.29. The molecule has 3 unspecified atom stereocenters. The van der Waals surface area contributed by atoms with Crippen molar-refractivity contribution in [3.05, 3.63) is 53.3 Å². The molecule has 2 fully saturated rings. The van der Waals surface area contributed by atoms with E-state index in [0.717, 1.165) is 25.0 Å². The Labute approximate surface area is 180 Å². The molecule has 3 aliphatic rings. The van der Waals surface area contributed by atoms with E-state index in [2.05, 4.69) is 23.5 Å². The number of hydrogen-bond acceptors (Lipinski definition) is 5. The Kier molecular flexibility index (Phi) is 4.90. The molecule has 0 radical (unpaired) electrons. The summed E-state index contributed by atoms with van der Waals surface area (Å²) in [6.45, 7) is 0.397. The molecule has 1 saturated heterocycles. The molecule has 1 aromatic heterocycles. The number of nitrogens with one attached hydrogen (secondary N) is 1. The van der Waals surface area contributed by atoms with Crippen molar-refractivity contribution in [3.8, 4) is 0 Å². The summed E-state index contributed by atoms with van der Waals surface area (Å²) >= 11 is 0. The molecule has 5 rings (SSSR count). The minimum Gasteiger partial charge on any atom is -0.475 e. The maximum atomic E-state index is 12.8. The fourth-order valence-corrected chi connectivity index (χ4v) is 6.49. The standard InChI is InChI=1S/C22H24N2O6S/c25-21(23-20-16-6-5-13-3-1-2-4-15(13)19(16)20)14-9-11-24(12-10-14)31(28,29)18-8-7-17(30-18)22(26)27/h1-4,7-8,14,16,19-20H,5-6,9-12H2,(H,23,25)(H,26,27). The first-order valence-corrected chi connectivity index (χ1v) is 12.0. The number of furan rings is 1. The number of rotatable bonds is 5. The van der Waals surface area contributed by atoms with Gasteiger partial charge in [-0.25, -0.2) is 13.2 Å². The van der Waals surface area contributed by atoms with Crippen LogP contribution in [0, 0.1) is 11.8 Å². The predicted octanol–water partition coefficient (Wildman–Crippen LogP) is 2.22.